The van der Waals surface area contributed by atoms with Crippen LogP contribution >= 0.6 is 0 Å². The van der Waals surface area contributed by atoms with Gasteiger partial charge in [-0.25, -0.2) is 4.39 Å². The smallest absolute Gasteiger partial charge is 0.221 e. The summed E-state index contributed by atoms with van der Waals surface area (Å²) in [5, 5.41) is 9.55. The van der Waals surface area contributed by atoms with Crippen molar-refractivity contribution in [3.8, 4) is 28.0 Å². The summed E-state index contributed by atoms with van der Waals surface area (Å²) in [6, 6.07) is 15.6. The van der Waals surface area contributed by atoms with Crippen LogP contribution in [0.15, 0.2) is 73.3 Å². The topological polar surface area (TPSA) is 101 Å². The highest BCUT2D eigenvalue weighted by molar-refractivity contribution is 5.90. The highest BCUT2D eigenvalue weighted by atomic mass is 19.1. The van der Waals surface area contributed by atoms with Crippen molar-refractivity contribution in [2.24, 2.45) is 0 Å². The maximum Gasteiger partial charge on any atom is 0.221 e. The van der Waals surface area contributed by atoms with Crippen LogP contribution in [0, 0.1) is 19.7 Å². The van der Waals surface area contributed by atoms with Gasteiger partial charge in [-0.05, 0) is 65.4 Å². The number of nitrogens with one attached hydrogen (secondary N) is 3. The Morgan fingerprint density at radius 1 is 0.976 bits per heavy atom. The Morgan fingerprint density at radius 2 is 1.74 bits per heavy atom. The summed E-state index contributed by atoms with van der Waals surface area (Å²) in [6.45, 7) is 4.94. The van der Waals surface area contributed by atoms with E-state index in [0.717, 1.165) is 55.8 Å². The number of carbonyl (C=O) groups is 1. The first-order valence-electron chi connectivity index (χ1n) is 13.8. The molecule has 1 aliphatic rings. The molecule has 0 unspecified atom stereocenters. The van der Waals surface area contributed by atoms with Gasteiger partial charge in [0.05, 0.1) is 25.2 Å². The zero-order valence-corrected chi connectivity index (χ0v) is 23.7. The highest BCUT2D eigenvalue weighted by Crippen LogP contribution is 2.38. The van der Waals surface area contributed by atoms with Crippen molar-refractivity contribution >= 4 is 28.3 Å². The largest absolute Gasteiger partial charge is 0.496 e. The van der Waals surface area contributed by atoms with Crippen LogP contribution in [-0.4, -0.2) is 40.6 Å². The number of amides is 1. The summed E-state index contributed by atoms with van der Waals surface area (Å²) in [5.41, 5.74) is 9.46. The van der Waals surface area contributed by atoms with Crippen LogP contribution in [-0.2, 0) is 11.3 Å². The van der Waals surface area contributed by atoms with Crippen LogP contribution in [0.3, 0.4) is 0 Å². The van der Waals surface area contributed by atoms with E-state index in [4.69, 9.17) is 4.74 Å². The molecule has 1 fully saturated rings. The predicted molar refractivity (Wildman–Crippen MR) is 162 cm³/mol. The SMILES string of the molecule is COc1cc(-c2cccc(-c3cccc(Nc4cncc5nccnc45)c3C)c2C)cc(F)c1CN[C@@H]1CNC(=O)C1. The molecule has 42 heavy (non-hydrogen) atoms. The molecule has 0 aliphatic carbocycles. The Bertz CT molecular complexity index is 1800. The van der Waals surface area contributed by atoms with Crippen LogP contribution < -0.4 is 20.7 Å². The van der Waals surface area contributed by atoms with Crippen LogP contribution in [0.4, 0.5) is 15.8 Å². The van der Waals surface area contributed by atoms with Gasteiger partial charge in [0.2, 0.25) is 5.91 Å². The highest BCUT2D eigenvalue weighted by Gasteiger charge is 2.22. The molecule has 1 atom stereocenters. The third-order valence-corrected chi connectivity index (χ3v) is 7.84. The van der Waals surface area contributed by atoms with E-state index in [1.165, 1.54) is 0 Å². The molecule has 1 saturated heterocycles. The van der Waals surface area contributed by atoms with Crippen LogP contribution in [0.5, 0.6) is 5.75 Å². The minimum atomic E-state index is -0.354. The van der Waals surface area contributed by atoms with Crippen molar-refractivity contribution < 1.29 is 13.9 Å². The molecule has 2 aromatic heterocycles. The van der Waals surface area contributed by atoms with Crippen molar-refractivity contribution in [1.82, 2.24) is 25.6 Å². The first-order valence-corrected chi connectivity index (χ1v) is 13.8. The standard InChI is InChI=1S/C33H31FN6O2/c1-19-23(21-12-27(34)26(31(13-21)42-3)16-38-22-14-32(41)39-15-22)6-4-7-24(19)25-8-5-9-28(20(25)2)40-30-18-35-17-29-33(30)37-11-10-36-29/h4-13,17-18,22,38,40H,14-16H2,1-3H3,(H,39,41)/t22-/m0/s1. The molecule has 1 aliphatic heterocycles. The number of ether oxygens (including phenoxy) is 1. The molecule has 6 rings (SSSR count). The third-order valence-electron chi connectivity index (χ3n) is 7.84. The van der Waals surface area contributed by atoms with E-state index in [1.807, 2.05) is 30.3 Å². The molecule has 212 valence electrons. The van der Waals surface area contributed by atoms with Gasteiger partial charge < -0.3 is 20.7 Å². The number of aromatic nitrogens is 3. The number of pyridine rings is 1. The minimum absolute atomic E-state index is 0.00192. The van der Waals surface area contributed by atoms with Crippen molar-refractivity contribution in [3.63, 3.8) is 0 Å². The number of fused-ring (bicyclic) bond motifs is 1. The second kappa shape index (κ2) is 11.5. The summed E-state index contributed by atoms with van der Waals surface area (Å²) in [4.78, 5) is 24.7. The van der Waals surface area contributed by atoms with Crippen LogP contribution in [0.25, 0.3) is 33.3 Å². The van der Waals surface area contributed by atoms with Crippen molar-refractivity contribution in [2.45, 2.75) is 32.9 Å². The van der Waals surface area contributed by atoms with Crippen molar-refractivity contribution in [2.75, 3.05) is 19.0 Å². The van der Waals surface area contributed by atoms with Crippen LogP contribution in [0.1, 0.15) is 23.1 Å². The van der Waals surface area contributed by atoms with Crippen LogP contribution in [0.2, 0.25) is 0 Å². The van der Waals surface area contributed by atoms with Gasteiger partial charge in [0.25, 0.3) is 0 Å². The van der Waals surface area contributed by atoms with E-state index in [2.05, 4.69) is 56.9 Å². The number of methoxy groups -OCH3 is 1. The zero-order valence-electron chi connectivity index (χ0n) is 23.7. The fourth-order valence-corrected chi connectivity index (χ4v) is 5.55. The van der Waals surface area contributed by atoms with Crippen molar-refractivity contribution in [1.29, 1.82) is 0 Å². The lowest BCUT2D eigenvalue weighted by molar-refractivity contribution is -0.119. The molecule has 3 N–H and O–H groups in total. The second-order valence-corrected chi connectivity index (χ2v) is 10.4. The molecule has 3 aromatic carbocycles. The molecule has 8 nitrogen and oxygen atoms in total. The maximum absolute atomic E-state index is 15.5. The Kier molecular flexibility index (Phi) is 7.50. The first-order chi connectivity index (χ1) is 20.4. The molecule has 0 saturated carbocycles. The van der Waals surface area contributed by atoms with Gasteiger partial charge in [-0.3, -0.25) is 19.7 Å². The van der Waals surface area contributed by atoms with Gasteiger partial charge in [-0.2, -0.15) is 0 Å². The van der Waals surface area contributed by atoms with E-state index in [1.54, 1.807) is 38.0 Å². The molecule has 9 heteroatoms. The third kappa shape index (κ3) is 5.26. The summed E-state index contributed by atoms with van der Waals surface area (Å²) in [7, 11) is 1.55. The molecular weight excluding hydrogens is 531 g/mol. The number of halogens is 1. The number of anilines is 2. The Balaban J connectivity index is 1.32. The molecule has 3 heterocycles. The first kappa shape index (κ1) is 27.3. The Labute approximate surface area is 243 Å². The minimum Gasteiger partial charge on any atom is -0.496 e. The summed E-state index contributed by atoms with van der Waals surface area (Å²) < 4.78 is 21.1. The Hall–Kier alpha value is -4.89. The fraction of sp³-hybridized carbons (Fsp3) is 0.212. The van der Waals surface area contributed by atoms with E-state index < -0.39 is 0 Å². The summed E-state index contributed by atoms with van der Waals surface area (Å²) in [6.07, 6.45) is 7.15. The number of rotatable bonds is 8. The average Bonchev–Trinajstić information content (AvgIpc) is 3.42. The van der Waals surface area contributed by atoms with E-state index in [0.29, 0.717) is 24.3 Å². The van der Waals surface area contributed by atoms with Crippen molar-refractivity contribution in [3.05, 3.63) is 95.8 Å². The number of hydrogen-bond acceptors (Lipinski definition) is 7. The number of benzene rings is 3. The van der Waals surface area contributed by atoms with Gasteiger partial charge in [0.1, 0.15) is 22.6 Å². The molecule has 0 spiro atoms. The lowest BCUT2D eigenvalue weighted by atomic mass is 9.90. The van der Waals surface area contributed by atoms with Gasteiger partial charge in [-0.1, -0.05) is 30.3 Å². The second-order valence-electron chi connectivity index (χ2n) is 10.4. The molecular formula is C33H31FN6O2. The van der Waals surface area contributed by atoms with E-state index in [-0.39, 0.29) is 24.3 Å². The monoisotopic (exact) mass is 562 g/mol. The van der Waals surface area contributed by atoms with Gasteiger partial charge in [0.15, 0.2) is 0 Å². The van der Waals surface area contributed by atoms with Gasteiger partial charge >= 0.3 is 0 Å². The number of nitrogens with zero attached hydrogens (tertiary/aromatic N) is 3. The Morgan fingerprint density at radius 3 is 2.52 bits per heavy atom. The predicted octanol–water partition coefficient (Wildman–Crippen LogP) is 5.85. The number of hydrogen-bond donors (Lipinski definition) is 3. The zero-order chi connectivity index (χ0) is 29.2. The molecule has 0 bridgehead atoms. The molecule has 5 aromatic rings. The van der Waals surface area contributed by atoms with E-state index >= 15 is 4.39 Å². The summed E-state index contributed by atoms with van der Waals surface area (Å²) >= 11 is 0. The molecule has 1 amide bonds. The van der Waals surface area contributed by atoms with Gasteiger partial charge in [-0.15, -0.1) is 0 Å². The maximum atomic E-state index is 15.5. The normalized spacial score (nSPS) is 14.7. The van der Waals surface area contributed by atoms with E-state index in [9.17, 15) is 4.79 Å². The lowest BCUT2D eigenvalue weighted by Gasteiger charge is -2.19. The number of carbonyl (C=O) groups excluding carboxylic acids is 1. The van der Waals surface area contributed by atoms with Gasteiger partial charge in [0, 0.05) is 49.2 Å². The summed E-state index contributed by atoms with van der Waals surface area (Å²) in [5.74, 6) is 0.115. The fourth-order valence-electron chi connectivity index (χ4n) is 5.55. The average molecular weight is 563 g/mol. The lowest BCUT2D eigenvalue weighted by Crippen LogP contribution is -2.30. The molecule has 0 radical (unpaired) electrons. The quantitative estimate of drug-likeness (QED) is 0.218.